The van der Waals surface area contributed by atoms with Crippen LogP contribution in [0.5, 0.6) is 11.5 Å². The maximum Gasteiger partial charge on any atom is 0.325 e. The normalized spacial score (nSPS) is 16.9. The van der Waals surface area contributed by atoms with Gasteiger partial charge in [-0.05, 0) is 64.9 Å². The predicted octanol–water partition coefficient (Wildman–Crippen LogP) is 5.32. The van der Waals surface area contributed by atoms with E-state index in [2.05, 4.69) is 46.5 Å². The van der Waals surface area contributed by atoms with Crippen molar-refractivity contribution in [1.82, 2.24) is 20.0 Å². The first kappa shape index (κ1) is 34.6. The zero-order valence-electron chi connectivity index (χ0n) is 26.0. The molecule has 1 spiro atoms. The Morgan fingerprint density at radius 2 is 1.77 bits per heavy atom. The van der Waals surface area contributed by atoms with Gasteiger partial charge in [-0.3, -0.25) is 9.69 Å². The summed E-state index contributed by atoms with van der Waals surface area (Å²) in [6, 6.07) is 4.10. The number of carbonyl (C=O) groups excluding carboxylic acids is 2. The van der Waals surface area contributed by atoms with E-state index in [4.69, 9.17) is 9.47 Å². The van der Waals surface area contributed by atoms with Crippen LogP contribution in [0.2, 0.25) is 0 Å². The molecule has 0 unspecified atom stereocenters. The Morgan fingerprint density at radius 3 is 2.23 bits per heavy atom. The minimum Gasteiger partial charge on any atom is -0.502 e. The molecule has 0 radical (unpaired) electrons. The summed E-state index contributed by atoms with van der Waals surface area (Å²) in [5.41, 5.74) is 3.27. The minimum atomic E-state index is -0.169. The Bertz CT molecular complexity index is 1030. The summed E-state index contributed by atoms with van der Waals surface area (Å²) < 4.78 is 15.6. The van der Waals surface area contributed by atoms with E-state index in [0.29, 0.717) is 13.0 Å². The molecular weight excluding hydrogens is 508 g/mol. The number of likely N-dealkylation sites (tertiary alicyclic amines) is 1. The Kier molecular flexibility index (Phi) is 14.9. The van der Waals surface area contributed by atoms with Gasteiger partial charge >= 0.3 is 6.03 Å². The highest BCUT2D eigenvalue weighted by atomic mass is 16.5. The molecule has 224 valence electrons. The Morgan fingerprint density at radius 1 is 1.15 bits per heavy atom. The maximum absolute atomic E-state index is 13.3. The number of rotatable bonds is 6. The molecule has 1 N–H and O–H groups in total. The molecule has 4 rings (SSSR count). The van der Waals surface area contributed by atoms with Gasteiger partial charge in [-0.1, -0.05) is 32.6 Å². The summed E-state index contributed by atoms with van der Waals surface area (Å²) in [6.45, 7) is 16.5. The summed E-state index contributed by atoms with van der Waals surface area (Å²) in [6.07, 6.45) is 8.95. The number of likely N-dealkylation sites (N-methyl/N-ethyl adjacent to an activating group) is 1. The van der Waals surface area contributed by atoms with Crippen LogP contribution in [-0.2, 0) is 22.5 Å². The number of hydrogen-bond acceptors (Lipinski definition) is 6. The number of hydrogen-bond donors (Lipinski definition) is 1. The van der Waals surface area contributed by atoms with E-state index >= 15 is 0 Å². The summed E-state index contributed by atoms with van der Waals surface area (Å²) in [7, 11) is 7.11. The maximum atomic E-state index is 13.3. The summed E-state index contributed by atoms with van der Waals surface area (Å²) in [5, 5.41) is 2.34. The first-order valence-electron chi connectivity index (χ1n) is 13.9. The molecule has 0 saturated carbocycles. The zero-order valence-corrected chi connectivity index (χ0v) is 26.0. The van der Waals surface area contributed by atoms with Gasteiger partial charge in [0.15, 0.2) is 0 Å². The van der Waals surface area contributed by atoms with Gasteiger partial charge in [-0.15, -0.1) is 0 Å². The van der Waals surface area contributed by atoms with Crippen molar-refractivity contribution in [3.8, 4) is 11.5 Å². The molecule has 2 saturated heterocycles. The fraction of sp³-hybridized carbons (Fsp3) is 0.548. The van der Waals surface area contributed by atoms with Crippen molar-refractivity contribution in [2.24, 2.45) is 0 Å². The van der Waals surface area contributed by atoms with E-state index in [0.717, 1.165) is 67.3 Å². The third kappa shape index (κ3) is 8.27. The SMILES string of the molecule is C/C=C/NC=O.C=C(C)OC.CC.CCN1C(=O)N2Cc3cc(OC)cc(OC)c3CC=C2C12CCN(C)CC2. The largest absolute Gasteiger partial charge is 0.502 e. The number of methoxy groups -OCH3 is 3. The second kappa shape index (κ2) is 17.3. The van der Waals surface area contributed by atoms with Crippen LogP contribution in [0, 0.1) is 0 Å². The highest BCUT2D eigenvalue weighted by molar-refractivity contribution is 5.83. The van der Waals surface area contributed by atoms with Gasteiger partial charge in [0.25, 0.3) is 0 Å². The number of ether oxygens (including phenoxy) is 3. The van der Waals surface area contributed by atoms with E-state index in [1.165, 1.54) is 5.70 Å². The number of allylic oxidation sites excluding steroid dienone is 3. The molecule has 9 nitrogen and oxygen atoms in total. The number of benzene rings is 1. The molecule has 0 atom stereocenters. The standard InChI is InChI=1S/C21H29N3O3.C4H7NO.C4H8O.C2H6/c1-5-24-20(25)23-14-15-12-16(26-3)13-18(27-4)17(15)6-7-19(23)21(24)8-10-22(2)11-9-21;1-2-3-5-4-6;1-4(2)5-3;1-2/h7,12-13H,5-6,8-11,14H2,1-4H3;2-4H,1H3,(H,5,6);1H2,2-3H3;1-2H3/b;3-2+;;. The number of nitrogens with zero attached hydrogens (tertiary/aromatic N) is 3. The Hall–Kier alpha value is -3.46. The van der Waals surface area contributed by atoms with Crippen LogP contribution in [0.25, 0.3) is 0 Å². The van der Waals surface area contributed by atoms with E-state index in [1.807, 2.05) is 37.8 Å². The molecule has 0 aromatic heterocycles. The third-order valence-corrected chi connectivity index (χ3v) is 7.11. The van der Waals surface area contributed by atoms with Crippen LogP contribution in [0.15, 0.2) is 48.5 Å². The zero-order chi connectivity index (χ0) is 30.3. The Balaban J connectivity index is 0.000000519. The molecule has 3 heterocycles. The number of carbonyl (C=O) groups is 2. The number of fused-ring (bicyclic) bond motifs is 3. The van der Waals surface area contributed by atoms with E-state index < -0.39 is 0 Å². The lowest BCUT2D eigenvalue weighted by Gasteiger charge is -2.43. The van der Waals surface area contributed by atoms with Crippen molar-refractivity contribution >= 4 is 12.4 Å². The first-order valence-corrected chi connectivity index (χ1v) is 13.9. The topological polar surface area (TPSA) is 83.6 Å². The molecule has 0 bridgehead atoms. The average molecular weight is 559 g/mol. The molecule has 40 heavy (non-hydrogen) atoms. The van der Waals surface area contributed by atoms with E-state index in [1.54, 1.807) is 40.5 Å². The molecule has 3 amide bonds. The lowest BCUT2D eigenvalue weighted by Crippen LogP contribution is -2.52. The first-order chi connectivity index (χ1) is 19.2. The average Bonchev–Trinajstić information content (AvgIpc) is 3.08. The lowest BCUT2D eigenvalue weighted by molar-refractivity contribution is -0.108. The van der Waals surface area contributed by atoms with Crippen LogP contribution >= 0.6 is 0 Å². The van der Waals surface area contributed by atoms with Gasteiger partial charge < -0.3 is 29.3 Å². The Labute approximate surface area is 241 Å². The van der Waals surface area contributed by atoms with Crippen molar-refractivity contribution in [1.29, 1.82) is 0 Å². The number of piperidine rings is 1. The van der Waals surface area contributed by atoms with Crippen molar-refractivity contribution < 1.29 is 23.8 Å². The third-order valence-electron chi connectivity index (χ3n) is 7.11. The highest BCUT2D eigenvalue weighted by Gasteiger charge is 2.54. The summed E-state index contributed by atoms with van der Waals surface area (Å²) >= 11 is 0. The fourth-order valence-electron chi connectivity index (χ4n) is 5.08. The molecule has 1 aromatic rings. The van der Waals surface area contributed by atoms with Gasteiger partial charge in [0.2, 0.25) is 6.41 Å². The fourth-order valence-corrected chi connectivity index (χ4v) is 5.08. The summed E-state index contributed by atoms with van der Waals surface area (Å²) in [4.78, 5) is 29.2. The van der Waals surface area contributed by atoms with Crippen molar-refractivity contribution in [3.63, 3.8) is 0 Å². The van der Waals surface area contributed by atoms with E-state index in [-0.39, 0.29) is 11.6 Å². The molecule has 3 aliphatic heterocycles. The number of urea groups is 1. The highest BCUT2D eigenvalue weighted by Crippen LogP contribution is 2.46. The van der Waals surface area contributed by atoms with E-state index in [9.17, 15) is 9.59 Å². The quantitative estimate of drug-likeness (QED) is 0.376. The lowest BCUT2D eigenvalue weighted by atomic mass is 9.83. The van der Waals surface area contributed by atoms with Crippen molar-refractivity contribution in [2.75, 3.05) is 48.0 Å². The minimum absolute atomic E-state index is 0.128. The molecule has 1 aromatic carbocycles. The second-order valence-electron chi connectivity index (χ2n) is 9.40. The molecule has 2 fully saturated rings. The number of nitrogens with one attached hydrogen (secondary N) is 1. The predicted molar refractivity (Wildman–Crippen MR) is 161 cm³/mol. The van der Waals surface area contributed by atoms with Gasteiger partial charge in [-0.2, -0.15) is 0 Å². The monoisotopic (exact) mass is 558 g/mol. The smallest absolute Gasteiger partial charge is 0.325 e. The molecule has 9 heteroatoms. The number of amides is 3. The van der Waals surface area contributed by atoms with Crippen LogP contribution in [-0.4, -0.2) is 80.7 Å². The van der Waals surface area contributed by atoms with Crippen LogP contribution in [0.4, 0.5) is 4.79 Å². The molecular formula is C31H50N4O5. The van der Waals surface area contributed by atoms with Crippen LogP contribution in [0.3, 0.4) is 0 Å². The molecule has 0 aliphatic carbocycles. The molecule has 3 aliphatic rings. The second-order valence-corrected chi connectivity index (χ2v) is 9.40. The van der Waals surface area contributed by atoms with Gasteiger partial charge in [-0.25, -0.2) is 4.79 Å². The van der Waals surface area contributed by atoms with Gasteiger partial charge in [0.1, 0.15) is 11.5 Å². The van der Waals surface area contributed by atoms with Gasteiger partial charge in [0, 0.05) is 37.0 Å². The van der Waals surface area contributed by atoms with Crippen molar-refractivity contribution in [2.45, 2.75) is 66.0 Å². The van der Waals surface area contributed by atoms with Crippen LogP contribution in [0.1, 0.15) is 58.6 Å². The van der Waals surface area contributed by atoms with Crippen molar-refractivity contribution in [3.05, 3.63) is 59.6 Å². The van der Waals surface area contributed by atoms with Gasteiger partial charge in [0.05, 0.1) is 39.2 Å². The van der Waals surface area contributed by atoms with Crippen LogP contribution < -0.4 is 14.8 Å². The summed E-state index contributed by atoms with van der Waals surface area (Å²) in [5.74, 6) is 2.35.